The lowest BCUT2D eigenvalue weighted by Crippen LogP contribution is -2.41. The molecule has 0 spiro atoms. The number of esters is 1. The van der Waals surface area contributed by atoms with Crippen LogP contribution in [-0.2, 0) is 24.7 Å². The lowest BCUT2D eigenvalue weighted by atomic mass is 9.92. The second-order valence-corrected chi connectivity index (χ2v) is 6.90. The van der Waals surface area contributed by atoms with Gasteiger partial charge in [-0.25, -0.2) is 9.50 Å². The zero-order valence-corrected chi connectivity index (χ0v) is 16.6. The molecule has 0 radical (unpaired) electrons. The van der Waals surface area contributed by atoms with Crippen LogP contribution in [0.25, 0.3) is 5.52 Å². The Morgan fingerprint density at radius 3 is 2.83 bits per heavy atom. The van der Waals surface area contributed by atoms with Crippen LogP contribution in [0.4, 0.5) is 5.82 Å². The number of anilines is 1. The Kier molecular flexibility index (Phi) is 6.31. The minimum Gasteiger partial charge on any atom is -0.463 e. The van der Waals surface area contributed by atoms with Gasteiger partial charge in [0.05, 0.1) is 5.69 Å². The van der Waals surface area contributed by atoms with Crippen molar-refractivity contribution in [3.05, 3.63) is 24.2 Å². The second kappa shape index (κ2) is 8.74. The Morgan fingerprint density at radius 2 is 2.17 bits per heavy atom. The van der Waals surface area contributed by atoms with E-state index in [2.05, 4.69) is 15.4 Å². The van der Waals surface area contributed by atoms with Crippen molar-refractivity contribution in [3.8, 4) is 6.07 Å². The molecule has 4 atom stereocenters. The summed E-state index contributed by atoms with van der Waals surface area (Å²) in [4.78, 5) is 27.4. The van der Waals surface area contributed by atoms with Gasteiger partial charge >= 0.3 is 5.97 Å². The van der Waals surface area contributed by atoms with Gasteiger partial charge in [0.25, 0.3) is 0 Å². The molecule has 0 aliphatic carbocycles. The number of aliphatic hydroxyl groups excluding tert-OH is 2. The molecule has 11 heteroatoms. The summed E-state index contributed by atoms with van der Waals surface area (Å²) >= 11 is 0. The monoisotopic (exact) mass is 417 g/mol. The summed E-state index contributed by atoms with van der Waals surface area (Å²) < 4.78 is 12.0. The average molecular weight is 417 g/mol. The quantitative estimate of drug-likeness (QED) is 0.537. The maximum Gasteiger partial charge on any atom is 0.305 e. The third-order valence-electron chi connectivity index (χ3n) is 4.89. The first-order valence-electron chi connectivity index (χ1n) is 9.61. The van der Waals surface area contributed by atoms with Crippen LogP contribution in [0.15, 0.2) is 18.5 Å². The molecule has 11 nitrogen and oxygen atoms in total. The van der Waals surface area contributed by atoms with E-state index in [-0.39, 0.29) is 30.4 Å². The maximum absolute atomic E-state index is 12.0. The number of nitriles is 1. The summed E-state index contributed by atoms with van der Waals surface area (Å²) in [5.41, 5.74) is -1.43. The molecule has 2 aromatic heterocycles. The number of amides is 1. The smallest absolute Gasteiger partial charge is 0.305 e. The van der Waals surface area contributed by atoms with E-state index in [4.69, 9.17) is 9.47 Å². The molecule has 0 saturated carbocycles. The fourth-order valence-electron chi connectivity index (χ4n) is 3.33. The fourth-order valence-corrected chi connectivity index (χ4v) is 3.33. The van der Waals surface area contributed by atoms with E-state index >= 15 is 0 Å². The number of rotatable bonds is 7. The number of aromatic nitrogens is 3. The van der Waals surface area contributed by atoms with Crippen LogP contribution in [0.1, 0.15) is 38.8 Å². The highest BCUT2D eigenvalue weighted by Gasteiger charge is 2.57. The number of aliphatic hydroxyl groups is 2. The Balaban J connectivity index is 1.96. The topological polar surface area (TPSA) is 159 Å². The molecule has 3 rings (SSSR count). The van der Waals surface area contributed by atoms with Crippen molar-refractivity contribution in [2.24, 2.45) is 0 Å². The third-order valence-corrected chi connectivity index (χ3v) is 4.89. The van der Waals surface area contributed by atoms with Crippen LogP contribution < -0.4 is 5.32 Å². The first-order valence-corrected chi connectivity index (χ1v) is 9.61. The van der Waals surface area contributed by atoms with Crippen molar-refractivity contribution in [2.45, 2.75) is 57.0 Å². The number of nitrogens with zero attached hydrogens (tertiary/aromatic N) is 4. The first kappa shape index (κ1) is 21.6. The van der Waals surface area contributed by atoms with Gasteiger partial charge in [0.15, 0.2) is 5.82 Å². The molecule has 1 amide bonds. The number of hydrogen-bond donors (Lipinski definition) is 3. The van der Waals surface area contributed by atoms with E-state index in [1.807, 2.05) is 13.0 Å². The predicted octanol–water partition coefficient (Wildman–Crippen LogP) is 0.261. The molecular formula is C19H23N5O6. The summed E-state index contributed by atoms with van der Waals surface area (Å²) in [6.45, 7) is 3.18. The highest BCUT2D eigenvalue weighted by Crippen LogP contribution is 2.40. The minimum absolute atomic E-state index is 0.140. The normalized spacial score (nSPS) is 25.8. The van der Waals surface area contributed by atoms with Crippen molar-refractivity contribution in [3.63, 3.8) is 0 Å². The zero-order valence-electron chi connectivity index (χ0n) is 16.6. The molecule has 1 aliphatic heterocycles. The van der Waals surface area contributed by atoms with Crippen LogP contribution in [-0.4, -0.2) is 61.6 Å². The Bertz CT molecular complexity index is 985. The molecule has 2 aromatic rings. The Morgan fingerprint density at radius 1 is 1.40 bits per heavy atom. The highest BCUT2D eigenvalue weighted by molar-refractivity contribution is 5.93. The molecule has 3 heterocycles. The number of carbonyl (C=O) groups excluding carboxylic acids is 2. The number of fused-ring (bicyclic) bond motifs is 1. The summed E-state index contributed by atoms with van der Waals surface area (Å²) in [7, 11) is 0. The summed E-state index contributed by atoms with van der Waals surface area (Å²) in [6, 6.07) is 4.99. The molecule has 1 saturated heterocycles. The standard InChI is InChI=1S/C19H23N5O6/c1-3-5-14(25)23-18-11-6-7-13(24(11)22-10-21-18)19(9-20)17(28)16(27)12(30-19)8-29-15(26)4-2/h6-7,10,12,16-17,27-28H,3-5,8H2,1-2H3,(H,21,22,23,25)/t12-,16-,17-,19+/m1/s1. The first-order chi connectivity index (χ1) is 14.4. The largest absolute Gasteiger partial charge is 0.463 e. The van der Waals surface area contributed by atoms with Crippen molar-refractivity contribution < 1.29 is 29.3 Å². The zero-order chi connectivity index (χ0) is 21.9. The van der Waals surface area contributed by atoms with Gasteiger partial charge in [0.1, 0.15) is 42.8 Å². The molecule has 1 fully saturated rings. The maximum atomic E-state index is 12.0. The van der Waals surface area contributed by atoms with Gasteiger partial charge in [-0.2, -0.15) is 10.4 Å². The number of hydrogen-bond acceptors (Lipinski definition) is 9. The van der Waals surface area contributed by atoms with Gasteiger partial charge in [-0.15, -0.1) is 0 Å². The summed E-state index contributed by atoms with van der Waals surface area (Å²) in [5.74, 6) is -0.478. The molecule has 160 valence electrons. The Hall–Kier alpha value is -3.07. The van der Waals surface area contributed by atoms with Crippen molar-refractivity contribution in [1.82, 2.24) is 14.6 Å². The lowest BCUT2D eigenvalue weighted by molar-refractivity contribution is -0.150. The molecule has 30 heavy (non-hydrogen) atoms. The number of nitrogens with one attached hydrogen (secondary N) is 1. The fraction of sp³-hybridized carbons (Fsp3) is 0.526. The van der Waals surface area contributed by atoms with E-state index in [1.54, 1.807) is 13.0 Å². The van der Waals surface area contributed by atoms with E-state index in [9.17, 15) is 25.1 Å². The van der Waals surface area contributed by atoms with Gasteiger partial charge in [-0.3, -0.25) is 9.59 Å². The van der Waals surface area contributed by atoms with Gasteiger partial charge in [-0.05, 0) is 18.6 Å². The van der Waals surface area contributed by atoms with E-state index in [1.165, 1.54) is 16.9 Å². The minimum atomic E-state index is -1.96. The highest BCUT2D eigenvalue weighted by atomic mass is 16.6. The van der Waals surface area contributed by atoms with Crippen LogP contribution >= 0.6 is 0 Å². The molecule has 1 aliphatic rings. The molecule has 3 N–H and O–H groups in total. The van der Waals surface area contributed by atoms with E-state index < -0.39 is 29.9 Å². The molecule has 0 aromatic carbocycles. The van der Waals surface area contributed by atoms with Gasteiger partial charge < -0.3 is 25.0 Å². The van der Waals surface area contributed by atoms with Crippen molar-refractivity contribution in [1.29, 1.82) is 5.26 Å². The molecule has 0 unspecified atom stereocenters. The predicted molar refractivity (Wildman–Crippen MR) is 102 cm³/mol. The van der Waals surface area contributed by atoms with Crippen LogP contribution in [0, 0.1) is 11.3 Å². The van der Waals surface area contributed by atoms with Gasteiger partial charge in [0, 0.05) is 12.8 Å². The van der Waals surface area contributed by atoms with Crippen molar-refractivity contribution >= 4 is 23.2 Å². The van der Waals surface area contributed by atoms with Crippen LogP contribution in [0.2, 0.25) is 0 Å². The average Bonchev–Trinajstić information content (AvgIpc) is 3.28. The van der Waals surface area contributed by atoms with Gasteiger partial charge in [0.2, 0.25) is 11.5 Å². The van der Waals surface area contributed by atoms with E-state index in [0.29, 0.717) is 18.4 Å². The number of ether oxygens (including phenoxy) is 2. The molecule has 0 bridgehead atoms. The third kappa shape index (κ3) is 3.72. The summed E-state index contributed by atoms with van der Waals surface area (Å²) in [6.07, 6.45) is -1.88. The number of carbonyl (C=O) groups is 2. The molecular weight excluding hydrogens is 394 g/mol. The Labute approximate surface area is 172 Å². The van der Waals surface area contributed by atoms with Crippen LogP contribution in [0.5, 0.6) is 0 Å². The lowest BCUT2D eigenvalue weighted by Gasteiger charge is -2.24. The van der Waals surface area contributed by atoms with Crippen molar-refractivity contribution in [2.75, 3.05) is 11.9 Å². The van der Waals surface area contributed by atoms with E-state index in [0.717, 1.165) is 0 Å². The van der Waals surface area contributed by atoms with Crippen LogP contribution in [0.3, 0.4) is 0 Å². The SMILES string of the molecule is CCCC(=O)Nc1ncnn2c([C@]3(C#N)O[C@H](COC(=O)CC)[C@@H](O)[C@H]3O)ccc12. The summed E-state index contributed by atoms with van der Waals surface area (Å²) in [5, 5.41) is 37.7. The van der Waals surface area contributed by atoms with Gasteiger partial charge in [-0.1, -0.05) is 13.8 Å². The second-order valence-electron chi connectivity index (χ2n) is 6.90.